The molecule has 0 saturated carbocycles. The second-order valence-electron chi connectivity index (χ2n) is 10.9. The molecule has 13 nitrogen and oxygen atoms in total. The second-order valence-corrected chi connectivity index (χ2v) is 10.9. The molecule has 1 aromatic heterocycles. The Morgan fingerprint density at radius 3 is 2.76 bits per heavy atom. The predicted octanol–water partition coefficient (Wildman–Crippen LogP) is 1.06. The minimum atomic E-state index is -1.22. The summed E-state index contributed by atoms with van der Waals surface area (Å²) in [5.41, 5.74) is 2.11. The number of carbonyl (C=O) groups is 5. The lowest BCUT2D eigenvalue weighted by Gasteiger charge is -2.34. The molecule has 2 aliphatic rings. The molecule has 1 fully saturated rings. The number of amides is 4. The molecule has 1 saturated heterocycles. The molecular weight excluding hydrogens is 544 g/mol. The number of aliphatic carboxylic acids is 1. The summed E-state index contributed by atoms with van der Waals surface area (Å²) >= 11 is 0. The monoisotopic (exact) mass is 582 g/mol. The van der Waals surface area contributed by atoms with E-state index in [-0.39, 0.29) is 37.8 Å². The van der Waals surface area contributed by atoms with Crippen molar-refractivity contribution in [1.29, 1.82) is 0 Å². The molecule has 13 heteroatoms. The van der Waals surface area contributed by atoms with E-state index >= 15 is 0 Å². The molecule has 0 aliphatic carbocycles. The number of piperidine rings is 1. The van der Waals surface area contributed by atoms with Crippen LogP contribution in [0.15, 0.2) is 30.6 Å². The molecule has 4 bridgehead atoms. The predicted molar refractivity (Wildman–Crippen MR) is 150 cm³/mol. The van der Waals surface area contributed by atoms with Gasteiger partial charge in [-0.15, -0.1) is 0 Å². The number of nitrogens with one attached hydrogen (secondary N) is 3. The first kappa shape index (κ1) is 30.5. The highest BCUT2D eigenvalue weighted by Crippen LogP contribution is 2.23. The minimum Gasteiger partial charge on any atom is -0.494 e. The number of fused-ring (bicyclic) bond motifs is 4. The Kier molecular flexibility index (Phi) is 10.2. The molecule has 2 unspecified atom stereocenters. The third-order valence-electron chi connectivity index (χ3n) is 7.60. The van der Waals surface area contributed by atoms with Crippen LogP contribution < -0.4 is 20.7 Å². The van der Waals surface area contributed by atoms with E-state index in [2.05, 4.69) is 21.0 Å². The maximum atomic E-state index is 13.5. The number of hydrogen-bond acceptors (Lipinski definition) is 7. The molecule has 4 N–H and O–H groups in total. The molecular formula is C29H38N6O7. The van der Waals surface area contributed by atoms with Crippen molar-refractivity contribution in [2.45, 2.75) is 71.1 Å². The average molecular weight is 583 g/mol. The van der Waals surface area contributed by atoms with Gasteiger partial charge in [0.05, 0.1) is 32.2 Å². The number of ether oxygens (including phenoxy) is 1. The molecule has 4 amide bonds. The summed E-state index contributed by atoms with van der Waals surface area (Å²) in [4.78, 5) is 65.0. The van der Waals surface area contributed by atoms with Gasteiger partial charge in [-0.3, -0.25) is 28.7 Å². The molecule has 4 rings (SSSR count). The zero-order chi connectivity index (χ0) is 30.2. The van der Waals surface area contributed by atoms with Gasteiger partial charge in [0.2, 0.25) is 23.6 Å². The molecule has 0 spiro atoms. The molecule has 226 valence electrons. The van der Waals surface area contributed by atoms with Gasteiger partial charge in [0, 0.05) is 38.3 Å². The van der Waals surface area contributed by atoms with Gasteiger partial charge in [0.1, 0.15) is 17.8 Å². The van der Waals surface area contributed by atoms with E-state index in [1.165, 1.54) is 24.0 Å². The third-order valence-corrected chi connectivity index (χ3v) is 7.60. The van der Waals surface area contributed by atoms with Crippen LogP contribution in [0.2, 0.25) is 0 Å². The van der Waals surface area contributed by atoms with Crippen LogP contribution in [0.4, 0.5) is 0 Å². The largest absolute Gasteiger partial charge is 0.494 e. The summed E-state index contributed by atoms with van der Waals surface area (Å²) < 4.78 is 7.40. The Labute approximate surface area is 244 Å². The van der Waals surface area contributed by atoms with E-state index in [4.69, 9.17) is 9.84 Å². The summed E-state index contributed by atoms with van der Waals surface area (Å²) in [7, 11) is 0. The normalized spacial score (nSPS) is 22.2. The van der Waals surface area contributed by atoms with Crippen molar-refractivity contribution in [2.24, 2.45) is 5.92 Å². The van der Waals surface area contributed by atoms with E-state index in [1.807, 2.05) is 25.1 Å². The van der Waals surface area contributed by atoms with Crippen molar-refractivity contribution in [1.82, 2.24) is 30.6 Å². The first-order valence-corrected chi connectivity index (χ1v) is 14.2. The van der Waals surface area contributed by atoms with Gasteiger partial charge in [0.15, 0.2) is 0 Å². The SMILES string of the molecule is CC(=O)N[C@H]1CC(=O)N2CCCC(CCOc3ccc(C)c(c3)CNC(=O)C(c3cnn(CCC(=O)O)c3)NC1=O)C2. The first-order valence-electron chi connectivity index (χ1n) is 14.2. The summed E-state index contributed by atoms with van der Waals surface area (Å²) in [6.07, 6.45) is 5.00. The highest BCUT2D eigenvalue weighted by atomic mass is 16.5. The van der Waals surface area contributed by atoms with Gasteiger partial charge < -0.3 is 30.7 Å². The van der Waals surface area contributed by atoms with Gasteiger partial charge in [-0.25, -0.2) is 0 Å². The summed E-state index contributed by atoms with van der Waals surface area (Å²) in [5.74, 6) is -2.06. The quantitative estimate of drug-likeness (QED) is 0.405. The number of aryl methyl sites for hydroxylation is 2. The van der Waals surface area contributed by atoms with Crippen molar-refractivity contribution >= 4 is 29.6 Å². The van der Waals surface area contributed by atoms with Crippen molar-refractivity contribution in [3.05, 3.63) is 47.3 Å². The van der Waals surface area contributed by atoms with Crippen molar-refractivity contribution in [2.75, 3.05) is 19.7 Å². The summed E-state index contributed by atoms with van der Waals surface area (Å²) in [6.45, 7) is 4.99. The maximum absolute atomic E-state index is 13.5. The smallest absolute Gasteiger partial charge is 0.305 e. The number of carbonyl (C=O) groups excluding carboxylic acids is 4. The van der Waals surface area contributed by atoms with E-state index in [1.54, 1.807) is 4.90 Å². The Bertz CT molecular complexity index is 1330. The van der Waals surface area contributed by atoms with Crippen molar-refractivity contribution in [3.8, 4) is 5.75 Å². The fourth-order valence-electron chi connectivity index (χ4n) is 5.25. The second kappa shape index (κ2) is 14.0. The molecule has 2 aliphatic heterocycles. The van der Waals surface area contributed by atoms with E-state index < -0.39 is 35.8 Å². The molecule has 0 radical (unpaired) electrons. The first-order chi connectivity index (χ1) is 20.1. The van der Waals surface area contributed by atoms with Crippen LogP contribution in [0.3, 0.4) is 0 Å². The van der Waals surface area contributed by atoms with Gasteiger partial charge in [0.25, 0.3) is 0 Å². The number of carboxylic acid groups (broad SMARTS) is 1. The molecule has 2 aromatic rings. The third kappa shape index (κ3) is 8.30. The molecule has 1 aromatic carbocycles. The summed E-state index contributed by atoms with van der Waals surface area (Å²) in [5, 5.41) is 21.3. The fraction of sp³-hybridized carbons (Fsp3) is 0.517. The molecule has 3 heterocycles. The van der Waals surface area contributed by atoms with Crippen molar-refractivity contribution < 1.29 is 33.8 Å². The Morgan fingerprint density at radius 1 is 1.19 bits per heavy atom. The summed E-state index contributed by atoms with van der Waals surface area (Å²) in [6, 6.07) is 3.25. The van der Waals surface area contributed by atoms with Crippen LogP contribution in [0, 0.1) is 12.8 Å². The Balaban J connectivity index is 1.64. The van der Waals surface area contributed by atoms with Gasteiger partial charge in [-0.05, 0) is 55.4 Å². The Morgan fingerprint density at radius 2 is 2.00 bits per heavy atom. The van der Waals surface area contributed by atoms with Crippen LogP contribution in [-0.4, -0.2) is 75.1 Å². The maximum Gasteiger partial charge on any atom is 0.305 e. The number of benzene rings is 1. The molecule has 42 heavy (non-hydrogen) atoms. The van der Waals surface area contributed by atoms with E-state index in [9.17, 15) is 24.0 Å². The number of rotatable bonds is 5. The van der Waals surface area contributed by atoms with Crippen LogP contribution in [-0.2, 0) is 37.1 Å². The van der Waals surface area contributed by atoms with Gasteiger partial charge >= 0.3 is 5.97 Å². The van der Waals surface area contributed by atoms with Crippen LogP contribution in [0.1, 0.15) is 61.8 Å². The topological polar surface area (TPSA) is 172 Å². The highest BCUT2D eigenvalue weighted by Gasteiger charge is 2.32. The standard InChI is InChI=1S/C29H38N6O7/c1-18-5-6-23-12-21(18)14-30-29(41)27(22-15-31-35(17-22)10-7-26(38)39)33-28(40)24(32-19(2)36)13-25(37)34-9-3-4-20(16-34)8-11-42-23/h5-6,12,15,17,20,24,27H,3-4,7-11,13-14,16H2,1-2H3,(H,30,41)(H,32,36)(H,33,40)(H,38,39)/t20?,24-,27?/m0/s1. The molecule has 3 atom stereocenters. The van der Waals surface area contributed by atoms with Gasteiger partial charge in [-0.2, -0.15) is 5.10 Å². The van der Waals surface area contributed by atoms with E-state index in [0.717, 1.165) is 30.4 Å². The lowest BCUT2D eigenvalue weighted by Crippen LogP contribution is -2.52. The fourth-order valence-corrected chi connectivity index (χ4v) is 5.25. The lowest BCUT2D eigenvalue weighted by atomic mass is 9.94. The van der Waals surface area contributed by atoms with Crippen LogP contribution >= 0.6 is 0 Å². The highest BCUT2D eigenvalue weighted by molar-refractivity contribution is 5.95. The zero-order valence-corrected chi connectivity index (χ0v) is 23.9. The van der Waals surface area contributed by atoms with Crippen LogP contribution in [0.25, 0.3) is 0 Å². The van der Waals surface area contributed by atoms with Crippen molar-refractivity contribution in [3.63, 3.8) is 0 Å². The Hall–Kier alpha value is -4.42. The lowest BCUT2D eigenvalue weighted by molar-refractivity contribution is -0.138. The van der Waals surface area contributed by atoms with E-state index in [0.29, 0.717) is 31.0 Å². The van der Waals surface area contributed by atoms with Crippen LogP contribution in [0.5, 0.6) is 5.75 Å². The van der Waals surface area contributed by atoms with Gasteiger partial charge in [-0.1, -0.05) is 6.07 Å². The minimum absolute atomic E-state index is 0.0729. The zero-order valence-electron chi connectivity index (χ0n) is 23.9. The number of hydrogen-bond donors (Lipinski definition) is 4. The number of nitrogens with zero attached hydrogens (tertiary/aromatic N) is 3. The average Bonchev–Trinajstić information content (AvgIpc) is 3.42. The number of aromatic nitrogens is 2. The number of carboxylic acids is 1.